The first-order valence-corrected chi connectivity index (χ1v) is 15.3. The van der Waals surface area contributed by atoms with Crippen LogP contribution in [0.4, 0.5) is 5.69 Å². The molecular weight excluding hydrogens is 518 g/mol. The molecule has 0 bridgehead atoms. The number of benzene rings is 2. The minimum atomic E-state index is -1.01. The molecule has 2 unspecified atom stereocenters. The maximum absolute atomic E-state index is 13.1. The van der Waals surface area contributed by atoms with Gasteiger partial charge < -0.3 is 10.2 Å². The summed E-state index contributed by atoms with van der Waals surface area (Å²) in [4.78, 5) is 20.7. The Morgan fingerprint density at radius 3 is 2.77 bits per heavy atom. The van der Waals surface area contributed by atoms with Crippen LogP contribution in [0.25, 0.3) is 16.6 Å². The molecule has 0 radical (unpaired) electrons. The Kier molecular flexibility index (Phi) is 8.70. The van der Waals surface area contributed by atoms with E-state index < -0.39 is 10.8 Å². The first kappa shape index (κ1) is 25.9. The van der Waals surface area contributed by atoms with E-state index in [4.69, 9.17) is 11.6 Å². The number of aryl methyl sites for hydroxylation is 1. The highest BCUT2D eigenvalue weighted by atomic mass is 35.5. The van der Waals surface area contributed by atoms with Gasteiger partial charge in [-0.2, -0.15) is 0 Å². The molecule has 2 aromatic carbocycles. The van der Waals surface area contributed by atoms with Crippen LogP contribution in [0.3, 0.4) is 0 Å². The smallest absolute Gasteiger partial charge is 0.263 e. The fourth-order valence-electron chi connectivity index (χ4n) is 4.11. The topological polar surface area (TPSA) is 62.3 Å². The van der Waals surface area contributed by atoms with Crippen molar-refractivity contribution in [3.05, 3.63) is 73.9 Å². The van der Waals surface area contributed by atoms with Crippen LogP contribution in [0, 0.1) is 6.92 Å². The molecule has 9 heteroatoms. The number of carbonyl (C=O) groups is 1. The second-order valence-corrected chi connectivity index (χ2v) is 12.3. The molecule has 1 amide bonds. The van der Waals surface area contributed by atoms with Gasteiger partial charge in [0, 0.05) is 41.7 Å². The lowest BCUT2D eigenvalue weighted by molar-refractivity contribution is 0.0936. The average Bonchev–Trinajstić information content (AvgIpc) is 3.25. The van der Waals surface area contributed by atoms with E-state index >= 15 is 0 Å². The summed E-state index contributed by atoms with van der Waals surface area (Å²) in [5, 5.41) is 4.72. The Morgan fingerprint density at radius 1 is 1.29 bits per heavy atom. The molecule has 2 heterocycles. The van der Waals surface area contributed by atoms with Crippen molar-refractivity contribution >= 4 is 63.2 Å². The van der Waals surface area contributed by atoms with E-state index in [2.05, 4.69) is 27.3 Å². The number of rotatable bonds is 7. The molecule has 1 saturated heterocycles. The molecule has 35 heavy (non-hydrogen) atoms. The first-order valence-electron chi connectivity index (χ1n) is 11.3. The van der Waals surface area contributed by atoms with Gasteiger partial charge in [0.25, 0.3) is 5.91 Å². The molecule has 0 spiro atoms. The van der Waals surface area contributed by atoms with Crippen LogP contribution in [0.2, 0.25) is 5.02 Å². The zero-order valence-corrected chi connectivity index (χ0v) is 23.1. The highest BCUT2D eigenvalue weighted by Crippen LogP contribution is 2.29. The third kappa shape index (κ3) is 6.55. The standard InChI is InChI=1S/C26H28ClN3O2S3/c1-17-24(34-26(28-17)19-9-11-20(27)12-10-19)25(31)29-21-7-5-13-30(16-21)22-8-4-6-18(14-22)15-23(33-2)35(3)32/h4,6,8-12,14-15,21H,5,7,13,16H2,1-3H3,(H,29,31)/b23-15-. The van der Waals surface area contributed by atoms with Crippen LogP contribution in [0.1, 0.15) is 33.8 Å². The number of hydrogen-bond acceptors (Lipinski definition) is 6. The molecular formula is C26H28ClN3O2S3. The fraction of sp³-hybridized carbons (Fsp3) is 0.308. The monoisotopic (exact) mass is 545 g/mol. The SMILES string of the molecule is CS/C(=C/c1cccc(N2CCCC(NC(=O)c3sc(-c4ccc(Cl)cc4)nc3C)C2)c1)S(C)=O. The molecule has 1 aromatic heterocycles. The summed E-state index contributed by atoms with van der Waals surface area (Å²) in [6.07, 6.45) is 7.57. The molecule has 1 aliphatic rings. The van der Waals surface area contributed by atoms with Gasteiger partial charge in [0.05, 0.1) is 20.7 Å². The molecule has 1 N–H and O–H groups in total. The predicted molar refractivity (Wildman–Crippen MR) is 152 cm³/mol. The molecule has 184 valence electrons. The van der Waals surface area contributed by atoms with E-state index in [1.54, 1.807) is 6.26 Å². The fourth-order valence-corrected chi connectivity index (χ4v) is 6.71. The third-order valence-electron chi connectivity index (χ3n) is 5.85. The number of aromatic nitrogens is 1. The quantitative estimate of drug-likeness (QED) is 0.382. The number of nitrogens with one attached hydrogen (secondary N) is 1. The molecule has 1 aliphatic heterocycles. The van der Waals surface area contributed by atoms with Gasteiger partial charge >= 0.3 is 0 Å². The van der Waals surface area contributed by atoms with E-state index in [1.807, 2.05) is 55.7 Å². The number of halogens is 1. The summed E-state index contributed by atoms with van der Waals surface area (Å²) in [6, 6.07) is 15.8. The normalized spacial score (nSPS) is 17.3. The van der Waals surface area contributed by atoms with Crippen molar-refractivity contribution < 1.29 is 9.00 Å². The number of anilines is 1. The van der Waals surface area contributed by atoms with Gasteiger partial charge in [-0.05, 0) is 61.9 Å². The summed E-state index contributed by atoms with van der Waals surface area (Å²) in [5.41, 5.74) is 3.83. The molecule has 4 rings (SSSR count). The Bertz CT molecular complexity index is 1260. The van der Waals surface area contributed by atoms with Crippen LogP contribution in [-0.2, 0) is 10.8 Å². The number of hydrogen-bond donors (Lipinski definition) is 1. The second kappa shape index (κ2) is 11.7. The van der Waals surface area contributed by atoms with Crippen molar-refractivity contribution in [2.24, 2.45) is 0 Å². The average molecular weight is 546 g/mol. The zero-order chi connectivity index (χ0) is 24.9. The van der Waals surface area contributed by atoms with E-state index in [-0.39, 0.29) is 11.9 Å². The van der Waals surface area contributed by atoms with Crippen LogP contribution < -0.4 is 10.2 Å². The molecule has 0 aliphatic carbocycles. The molecule has 1 fully saturated rings. The number of piperidine rings is 1. The number of nitrogens with zero attached hydrogens (tertiary/aromatic N) is 2. The van der Waals surface area contributed by atoms with Crippen LogP contribution in [-0.4, -0.2) is 46.7 Å². The van der Waals surface area contributed by atoms with Gasteiger partial charge in [-0.1, -0.05) is 35.9 Å². The highest BCUT2D eigenvalue weighted by molar-refractivity contribution is 8.16. The molecule has 0 saturated carbocycles. The third-order valence-corrected chi connectivity index (χ3v) is 9.72. The number of thiazole rings is 1. The van der Waals surface area contributed by atoms with Crippen LogP contribution in [0.5, 0.6) is 0 Å². The lowest BCUT2D eigenvalue weighted by atomic mass is 10.0. The van der Waals surface area contributed by atoms with Gasteiger partial charge in [0.2, 0.25) is 0 Å². The maximum Gasteiger partial charge on any atom is 0.263 e. The van der Waals surface area contributed by atoms with Gasteiger partial charge in [0.1, 0.15) is 9.88 Å². The lowest BCUT2D eigenvalue weighted by Gasteiger charge is -2.35. The van der Waals surface area contributed by atoms with Gasteiger partial charge in [0.15, 0.2) is 0 Å². The Hall–Kier alpha value is -2.13. The van der Waals surface area contributed by atoms with Crippen molar-refractivity contribution in [1.82, 2.24) is 10.3 Å². The van der Waals surface area contributed by atoms with E-state index in [0.717, 1.165) is 57.7 Å². The van der Waals surface area contributed by atoms with Gasteiger partial charge in [-0.15, -0.1) is 23.1 Å². The van der Waals surface area contributed by atoms with Gasteiger partial charge in [-0.3, -0.25) is 9.00 Å². The first-order chi connectivity index (χ1) is 16.8. The molecule has 2 atom stereocenters. The minimum Gasteiger partial charge on any atom is -0.369 e. The summed E-state index contributed by atoms with van der Waals surface area (Å²) < 4.78 is 12.8. The van der Waals surface area contributed by atoms with Crippen molar-refractivity contribution in [2.75, 3.05) is 30.5 Å². The highest BCUT2D eigenvalue weighted by Gasteiger charge is 2.24. The van der Waals surface area contributed by atoms with Crippen molar-refractivity contribution in [2.45, 2.75) is 25.8 Å². The van der Waals surface area contributed by atoms with Crippen LogP contribution >= 0.6 is 34.7 Å². The van der Waals surface area contributed by atoms with E-state index in [9.17, 15) is 9.00 Å². The number of amides is 1. The predicted octanol–water partition coefficient (Wildman–Crippen LogP) is 6.21. The lowest BCUT2D eigenvalue weighted by Crippen LogP contribution is -2.47. The van der Waals surface area contributed by atoms with Crippen molar-refractivity contribution in [3.63, 3.8) is 0 Å². The maximum atomic E-state index is 13.1. The van der Waals surface area contributed by atoms with E-state index in [0.29, 0.717) is 9.90 Å². The Morgan fingerprint density at radius 2 is 2.06 bits per heavy atom. The number of thioether (sulfide) groups is 1. The number of carbonyl (C=O) groups excluding carboxylic acids is 1. The zero-order valence-electron chi connectivity index (χ0n) is 19.9. The largest absolute Gasteiger partial charge is 0.369 e. The summed E-state index contributed by atoms with van der Waals surface area (Å²) in [5.74, 6) is -0.0706. The second-order valence-electron chi connectivity index (χ2n) is 8.42. The Labute approximate surface area is 222 Å². The minimum absolute atomic E-state index is 0.0563. The van der Waals surface area contributed by atoms with Crippen molar-refractivity contribution in [1.29, 1.82) is 0 Å². The Balaban J connectivity index is 1.45. The molecule has 3 aromatic rings. The summed E-state index contributed by atoms with van der Waals surface area (Å²) in [6.45, 7) is 3.56. The molecule has 5 nitrogen and oxygen atoms in total. The van der Waals surface area contributed by atoms with E-state index in [1.165, 1.54) is 23.1 Å². The summed E-state index contributed by atoms with van der Waals surface area (Å²) >= 11 is 8.92. The van der Waals surface area contributed by atoms with Crippen molar-refractivity contribution in [3.8, 4) is 10.6 Å². The summed E-state index contributed by atoms with van der Waals surface area (Å²) in [7, 11) is -1.01. The van der Waals surface area contributed by atoms with Gasteiger partial charge in [-0.25, -0.2) is 4.98 Å². The van der Waals surface area contributed by atoms with Crippen LogP contribution in [0.15, 0.2) is 52.8 Å².